The van der Waals surface area contributed by atoms with Gasteiger partial charge in [0.25, 0.3) is 0 Å². The lowest BCUT2D eigenvalue weighted by atomic mass is 10.1. The second-order valence-electron chi connectivity index (χ2n) is 10.8. The molecule has 0 N–H and O–H groups in total. The molecule has 0 aliphatic rings. The standard InChI is InChI=1S/C36H36F3N3O/c1-3-4-21-42-33(34(29-15-17-31(37)18-16-29)40-35(42)30-11-6-5-7-12-30)25-41(24-28-10-8-9-26(2)22-28)23-27-13-19-32(20-14-27)43-36(38)39/h5-20,22,36H,3-4,21,23-25H2,1-2H3. The summed E-state index contributed by atoms with van der Waals surface area (Å²) in [5.74, 6) is 0.722. The molecule has 4 aromatic carbocycles. The lowest BCUT2D eigenvalue weighted by Crippen LogP contribution is -2.24. The van der Waals surface area contributed by atoms with Crippen LogP contribution in [0.4, 0.5) is 13.2 Å². The first-order chi connectivity index (χ1) is 20.9. The molecule has 0 fully saturated rings. The van der Waals surface area contributed by atoms with Gasteiger partial charge in [0, 0.05) is 37.3 Å². The SMILES string of the molecule is CCCCn1c(-c2ccccc2)nc(-c2ccc(F)cc2)c1CN(Cc1ccc(OC(F)F)cc1)Cc1cccc(C)c1. The van der Waals surface area contributed by atoms with Crippen molar-refractivity contribution in [1.29, 1.82) is 0 Å². The van der Waals surface area contributed by atoms with Crippen molar-refractivity contribution in [2.24, 2.45) is 0 Å². The molecule has 1 heterocycles. The number of rotatable bonds is 13. The number of hydrogen-bond donors (Lipinski definition) is 0. The maximum absolute atomic E-state index is 14.0. The summed E-state index contributed by atoms with van der Waals surface area (Å²) in [6, 6.07) is 31.9. The van der Waals surface area contributed by atoms with Crippen molar-refractivity contribution in [3.05, 3.63) is 131 Å². The van der Waals surface area contributed by atoms with Crippen LogP contribution in [0, 0.1) is 12.7 Å². The smallest absolute Gasteiger partial charge is 0.387 e. The topological polar surface area (TPSA) is 30.3 Å². The number of nitrogens with zero attached hydrogens (tertiary/aromatic N) is 3. The number of ether oxygens (including phenoxy) is 1. The largest absolute Gasteiger partial charge is 0.435 e. The minimum Gasteiger partial charge on any atom is -0.435 e. The molecule has 0 unspecified atom stereocenters. The van der Waals surface area contributed by atoms with Gasteiger partial charge in [0.15, 0.2) is 0 Å². The lowest BCUT2D eigenvalue weighted by molar-refractivity contribution is -0.0498. The number of unbranched alkanes of at least 4 members (excludes halogenated alkanes) is 1. The Kier molecular flexibility index (Phi) is 9.95. The molecule has 0 saturated carbocycles. The van der Waals surface area contributed by atoms with Crippen molar-refractivity contribution in [2.45, 2.75) is 59.5 Å². The van der Waals surface area contributed by atoms with Crippen molar-refractivity contribution < 1.29 is 17.9 Å². The van der Waals surface area contributed by atoms with Crippen molar-refractivity contribution in [3.63, 3.8) is 0 Å². The Balaban J connectivity index is 1.58. The van der Waals surface area contributed by atoms with E-state index >= 15 is 0 Å². The first-order valence-corrected chi connectivity index (χ1v) is 14.6. The molecule has 0 aliphatic carbocycles. The van der Waals surface area contributed by atoms with Crippen LogP contribution in [0.2, 0.25) is 0 Å². The number of imidazole rings is 1. The minimum absolute atomic E-state index is 0.132. The van der Waals surface area contributed by atoms with Crippen LogP contribution in [0.3, 0.4) is 0 Å². The molecule has 0 bridgehead atoms. The van der Waals surface area contributed by atoms with Crippen molar-refractivity contribution in [2.75, 3.05) is 0 Å². The van der Waals surface area contributed by atoms with Crippen molar-refractivity contribution in [3.8, 4) is 28.4 Å². The highest BCUT2D eigenvalue weighted by Gasteiger charge is 2.22. The van der Waals surface area contributed by atoms with E-state index in [2.05, 4.69) is 64.4 Å². The number of benzene rings is 4. The molecule has 5 aromatic rings. The van der Waals surface area contributed by atoms with Gasteiger partial charge in [0.2, 0.25) is 0 Å². The molecule has 0 atom stereocenters. The Labute approximate surface area is 251 Å². The van der Waals surface area contributed by atoms with Gasteiger partial charge in [-0.3, -0.25) is 4.90 Å². The van der Waals surface area contributed by atoms with Crippen LogP contribution in [0.5, 0.6) is 5.75 Å². The third-order valence-electron chi connectivity index (χ3n) is 7.37. The summed E-state index contributed by atoms with van der Waals surface area (Å²) < 4.78 is 46.3. The van der Waals surface area contributed by atoms with Gasteiger partial charge in [-0.05, 0) is 60.9 Å². The molecule has 0 spiro atoms. The second-order valence-corrected chi connectivity index (χ2v) is 10.8. The second kappa shape index (κ2) is 14.2. The predicted octanol–water partition coefficient (Wildman–Crippen LogP) is 9.27. The summed E-state index contributed by atoms with van der Waals surface area (Å²) in [6.07, 6.45) is 2.01. The first kappa shape index (κ1) is 30.1. The summed E-state index contributed by atoms with van der Waals surface area (Å²) in [4.78, 5) is 7.51. The molecule has 43 heavy (non-hydrogen) atoms. The van der Waals surface area contributed by atoms with Crippen LogP contribution < -0.4 is 4.74 Å². The molecule has 0 amide bonds. The number of hydrogen-bond acceptors (Lipinski definition) is 3. The zero-order valence-electron chi connectivity index (χ0n) is 24.5. The van der Waals surface area contributed by atoms with E-state index in [0.29, 0.717) is 19.6 Å². The number of aromatic nitrogens is 2. The van der Waals surface area contributed by atoms with Crippen molar-refractivity contribution >= 4 is 0 Å². The summed E-state index contributed by atoms with van der Waals surface area (Å²) >= 11 is 0. The van der Waals surface area contributed by atoms with E-state index in [0.717, 1.165) is 53.3 Å². The third-order valence-corrected chi connectivity index (χ3v) is 7.37. The lowest BCUT2D eigenvalue weighted by Gasteiger charge is -2.25. The highest BCUT2D eigenvalue weighted by atomic mass is 19.3. The van der Waals surface area contributed by atoms with Gasteiger partial charge in [-0.15, -0.1) is 0 Å². The minimum atomic E-state index is -2.87. The predicted molar refractivity (Wildman–Crippen MR) is 165 cm³/mol. The molecule has 222 valence electrons. The van der Waals surface area contributed by atoms with Gasteiger partial charge in [-0.25, -0.2) is 9.37 Å². The van der Waals surface area contributed by atoms with E-state index in [-0.39, 0.29) is 11.6 Å². The molecule has 4 nitrogen and oxygen atoms in total. The first-order valence-electron chi connectivity index (χ1n) is 14.6. The van der Waals surface area contributed by atoms with Gasteiger partial charge in [0.1, 0.15) is 17.4 Å². The quantitative estimate of drug-likeness (QED) is 0.138. The number of alkyl halides is 2. The molecule has 0 aliphatic heterocycles. The van der Waals surface area contributed by atoms with Crippen LogP contribution in [0.25, 0.3) is 22.6 Å². The van der Waals surface area contributed by atoms with Gasteiger partial charge in [-0.1, -0.05) is 85.6 Å². The van der Waals surface area contributed by atoms with Gasteiger partial charge < -0.3 is 9.30 Å². The summed E-state index contributed by atoms with van der Waals surface area (Å²) in [6.45, 7) is 3.99. The van der Waals surface area contributed by atoms with Crippen molar-refractivity contribution in [1.82, 2.24) is 14.5 Å². The summed E-state index contributed by atoms with van der Waals surface area (Å²) in [5.41, 5.74) is 7.07. The van der Waals surface area contributed by atoms with E-state index in [1.807, 2.05) is 30.3 Å². The fraction of sp³-hybridized carbons (Fsp3) is 0.250. The highest BCUT2D eigenvalue weighted by molar-refractivity contribution is 5.68. The average molecular weight is 584 g/mol. The van der Waals surface area contributed by atoms with E-state index in [1.165, 1.54) is 23.3 Å². The molecular weight excluding hydrogens is 547 g/mol. The van der Waals surface area contributed by atoms with Crippen LogP contribution in [0.1, 0.15) is 42.1 Å². The molecule has 5 rings (SSSR count). The van der Waals surface area contributed by atoms with E-state index in [1.54, 1.807) is 24.3 Å². The number of aryl methyl sites for hydroxylation is 1. The zero-order valence-corrected chi connectivity index (χ0v) is 24.5. The Bertz CT molecular complexity index is 1600. The van der Waals surface area contributed by atoms with Crippen LogP contribution in [-0.4, -0.2) is 21.1 Å². The fourth-order valence-electron chi connectivity index (χ4n) is 5.33. The fourth-order valence-corrected chi connectivity index (χ4v) is 5.33. The summed E-state index contributed by atoms with van der Waals surface area (Å²) in [5, 5.41) is 0. The zero-order chi connectivity index (χ0) is 30.2. The van der Waals surface area contributed by atoms with Gasteiger partial charge in [0.05, 0.1) is 11.4 Å². The van der Waals surface area contributed by atoms with Crippen LogP contribution in [0.15, 0.2) is 103 Å². The van der Waals surface area contributed by atoms with E-state index < -0.39 is 6.61 Å². The number of halogens is 3. The van der Waals surface area contributed by atoms with Crippen LogP contribution in [-0.2, 0) is 26.2 Å². The van der Waals surface area contributed by atoms with Gasteiger partial charge >= 0.3 is 6.61 Å². The summed E-state index contributed by atoms with van der Waals surface area (Å²) in [7, 11) is 0. The molecular formula is C36H36F3N3O. The highest BCUT2D eigenvalue weighted by Crippen LogP contribution is 2.32. The molecule has 0 radical (unpaired) electrons. The van der Waals surface area contributed by atoms with E-state index in [4.69, 9.17) is 4.98 Å². The Morgan fingerprint density at radius 2 is 1.51 bits per heavy atom. The molecule has 0 saturated heterocycles. The Morgan fingerprint density at radius 3 is 2.19 bits per heavy atom. The van der Waals surface area contributed by atoms with Crippen LogP contribution >= 0.6 is 0 Å². The molecule has 1 aromatic heterocycles. The monoisotopic (exact) mass is 583 g/mol. The van der Waals surface area contributed by atoms with Gasteiger partial charge in [-0.2, -0.15) is 8.78 Å². The Morgan fingerprint density at radius 1 is 0.791 bits per heavy atom. The maximum atomic E-state index is 14.0. The normalized spacial score (nSPS) is 11.4. The average Bonchev–Trinajstić information content (AvgIpc) is 3.35. The third kappa shape index (κ3) is 7.93. The van der Waals surface area contributed by atoms with E-state index in [9.17, 15) is 13.2 Å². The molecule has 7 heteroatoms. The Hall–Kier alpha value is -4.36. The maximum Gasteiger partial charge on any atom is 0.387 e.